The smallest absolute Gasteiger partial charge is 0.295 e. The Bertz CT molecular complexity index is 1510. The van der Waals surface area contributed by atoms with Crippen LogP contribution < -0.4 is 15.1 Å². The van der Waals surface area contributed by atoms with Crippen molar-refractivity contribution in [1.82, 2.24) is 0 Å². The van der Waals surface area contributed by atoms with Crippen LogP contribution in [0.3, 0.4) is 0 Å². The van der Waals surface area contributed by atoms with E-state index in [1.807, 2.05) is 13.0 Å². The van der Waals surface area contributed by atoms with E-state index in [2.05, 4.69) is 0 Å². The van der Waals surface area contributed by atoms with Gasteiger partial charge in [-0.15, -0.1) is 0 Å². The highest BCUT2D eigenvalue weighted by Gasteiger charge is 2.44. The van der Waals surface area contributed by atoms with Crippen LogP contribution in [0.25, 0.3) is 11.0 Å². The highest BCUT2D eigenvalue weighted by atomic mass is 35.5. The van der Waals surface area contributed by atoms with Crippen LogP contribution in [0, 0.1) is 6.92 Å². The van der Waals surface area contributed by atoms with E-state index in [0.717, 1.165) is 5.56 Å². The summed E-state index contributed by atoms with van der Waals surface area (Å²) in [5.41, 5.74) is 2.31. The van der Waals surface area contributed by atoms with Gasteiger partial charge < -0.3 is 9.15 Å². The summed E-state index contributed by atoms with van der Waals surface area (Å²) >= 11 is 18.8. The number of carbonyl (C=O) groups excluding carboxylic acids is 1. The molecule has 5 nitrogen and oxygen atoms in total. The number of ether oxygens (including phenoxy) is 1. The molecule has 0 saturated heterocycles. The fourth-order valence-corrected chi connectivity index (χ4v) is 4.71. The third kappa shape index (κ3) is 3.48. The Morgan fingerprint density at radius 2 is 1.70 bits per heavy atom. The van der Waals surface area contributed by atoms with Gasteiger partial charge in [0.05, 0.1) is 39.2 Å². The Balaban J connectivity index is 1.81. The van der Waals surface area contributed by atoms with Gasteiger partial charge in [-0.05, 0) is 55.0 Å². The summed E-state index contributed by atoms with van der Waals surface area (Å²) < 4.78 is 11.2. The first kappa shape index (κ1) is 21.8. The number of carbonyl (C=O) groups is 1. The van der Waals surface area contributed by atoms with Gasteiger partial charge in [0.15, 0.2) is 5.43 Å². The zero-order valence-electron chi connectivity index (χ0n) is 17.5. The van der Waals surface area contributed by atoms with Gasteiger partial charge >= 0.3 is 0 Å². The van der Waals surface area contributed by atoms with Gasteiger partial charge in [0.2, 0.25) is 5.76 Å². The highest BCUT2D eigenvalue weighted by molar-refractivity contribution is 6.42. The molecule has 3 aromatic carbocycles. The number of methoxy groups -OCH3 is 1. The fraction of sp³-hybridized carbons (Fsp3) is 0.120. The van der Waals surface area contributed by atoms with Gasteiger partial charge in [-0.1, -0.05) is 52.5 Å². The van der Waals surface area contributed by atoms with Crippen LogP contribution in [-0.4, -0.2) is 13.0 Å². The van der Waals surface area contributed by atoms with Gasteiger partial charge in [-0.25, -0.2) is 0 Å². The molecular weight excluding hydrogens is 485 g/mol. The molecule has 1 aliphatic heterocycles. The Kier molecular flexibility index (Phi) is 5.36. The minimum Gasteiger partial charge on any atom is -0.495 e. The third-order valence-corrected chi connectivity index (χ3v) is 6.73. The lowest BCUT2D eigenvalue weighted by atomic mass is 9.98. The maximum absolute atomic E-state index is 13.7. The number of aryl methyl sites for hydroxylation is 1. The van der Waals surface area contributed by atoms with Crippen LogP contribution in [0.2, 0.25) is 15.1 Å². The second-order valence-electron chi connectivity index (χ2n) is 7.74. The van der Waals surface area contributed by atoms with Crippen molar-refractivity contribution < 1.29 is 13.9 Å². The highest BCUT2D eigenvalue weighted by Crippen LogP contribution is 2.43. The summed E-state index contributed by atoms with van der Waals surface area (Å²) in [6.45, 7) is 1.89. The number of amides is 1. The first-order chi connectivity index (χ1) is 15.8. The summed E-state index contributed by atoms with van der Waals surface area (Å²) in [7, 11) is 1.51. The van der Waals surface area contributed by atoms with Crippen LogP contribution >= 0.6 is 34.8 Å². The van der Waals surface area contributed by atoms with Crippen molar-refractivity contribution in [3.8, 4) is 5.75 Å². The minimum absolute atomic E-state index is 0.0145. The van der Waals surface area contributed by atoms with Crippen LogP contribution in [0.1, 0.15) is 33.3 Å². The molecule has 0 bridgehead atoms. The molecule has 1 aliphatic rings. The maximum Gasteiger partial charge on any atom is 0.295 e. The summed E-state index contributed by atoms with van der Waals surface area (Å²) in [6.07, 6.45) is 0. The molecule has 0 radical (unpaired) electrons. The number of hydrogen-bond acceptors (Lipinski definition) is 4. The molecular formula is C25H16Cl3NO4. The molecule has 0 aliphatic carbocycles. The molecule has 1 aromatic heterocycles. The van der Waals surface area contributed by atoms with E-state index in [0.29, 0.717) is 43.0 Å². The van der Waals surface area contributed by atoms with Crippen molar-refractivity contribution in [2.24, 2.45) is 0 Å². The molecule has 5 rings (SSSR count). The second-order valence-corrected chi connectivity index (χ2v) is 8.97. The van der Waals surface area contributed by atoms with Gasteiger partial charge in [0.1, 0.15) is 11.3 Å². The largest absolute Gasteiger partial charge is 0.495 e. The van der Waals surface area contributed by atoms with Gasteiger partial charge in [-0.2, -0.15) is 0 Å². The standard InChI is InChI=1S/C25H16Cl3NO4/c1-12-3-7-19-15(9-12)23(30)21-22(13-4-6-16(26)17(27)10-13)29(25(31)24(21)33-19)14-5-8-20(32-2)18(28)11-14/h3-11,22H,1-2H3. The number of halogens is 3. The first-order valence-electron chi connectivity index (χ1n) is 9.99. The molecule has 8 heteroatoms. The fourth-order valence-electron chi connectivity index (χ4n) is 4.16. The Labute approximate surface area is 204 Å². The van der Waals surface area contributed by atoms with Crippen molar-refractivity contribution in [2.75, 3.05) is 12.0 Å². The van der Waals surface area contributed by atoms with Crippen molar-refractivity contribution in [3.63, 3.8) is 0 Å². The molecule has 4 aromatic rings. The molecule has 1 atom stereocenters. The average Bonchev–Trinajstić information content (AvgIpc) is 3.09. The van der Waals surface area contributed by atoms with Gasteiger partial charge in [0, 0.05) is 5.69 Å². The molecule has 0 fully saturated rings. The number of hydrogen-bond donors (Lipinski definition) is 0. The number of benzene rings is 3. The normalized spacial score (nSPS) is 15.2. The number of fused-ring (bicyclic) bond motifs is 2. The zero-order chi connectivity index (χ0) is 23.4. The molecule has 0 N–H and O–H groups in total. The molecule has 1 unspecified atom stereocenters. The Hall–Kier alpha value is -2.99. The molecule has 1 amide bonds. The van der Waals surface area contributed by atoms with Crippen LogP contribution in [0.5, 0.6) is 5.75 Å². The predicted molar refractivity (Wildman–Crippen MR) is 130 cm³/mol. The van der Waals surface area contributed by atoms with Crippen molar-refractivity contribution in [2.45, 2.75) is 13.0 Å². The van der Waals surface area contributed by atoms with E-state index in [1.54, 1.807) is 48.5 Å². The second kappa shape index (κ2) is 8.10. The summed E-state index contributed by atoms with van der Waals surface area (Å²) in [5, 5.41) is 1.40. The van der Waals surface area contributed by atoms with Crippen LogP contribution in [-0.2, 0) is 0 Å². The average molecular weight is 501 g/mol. The quantitative estimate of drug-likeness (QED) is 0.310. The number of anilines is 1. The summed E-state index contributed by atoms with van der Waals surface area (Å²) in [4.78, 5) is 28.8. The van der Waals surface area contributed by atoms with E-state index >= 15 is 0 Å². The van der Waals surface area contributed by atoms with Crippen molar-refractivity contribution >= 4 is 57.4 Å². The van der Waals surface area contributed by atoms with Crippen molar-refractivity contribution in [1.29, 1.82) is 0 Å². The van der Waals surface area contributed by atoms with E-state index in [4.69, 9.17) is 44.0 Å². The summed E-state index contributed by atoms with van der Waals surface area (Å²) in [6, 6.07) is 14.5. The van der Waals surface area contributed by atoms with E-state index in [1.165, 1.54) is 12.0 Å². The molecule has 166 valence electrons. The van der Waals surface area contributed by atoms with E-state index < -0.39 is 11.9 Å². The molecule has 2 heterocycles. The Morgan fingerprint density at radius 3 is 2.39 bits per heavy atom. The summed E-state index contributed by atoms with van der Waals surface area (Å²) in [5.74, 6) is -0.00711. The Morgan fingerprint density at radius 1 is 0.909 bits per heavy atom. The molecule has 0 spiro atoms. The van der Waals surface area contributed by atoms with E-state index in [9.17, 15) is 9.59 Å². The lowest BCUT2D eigenvalue weighted by molar-refractivity contribution is 0.0971. The topological polar surface area (TPSA) is 59.8 Å². The molecule has 0 saturated carbocycles. The van der Waals surface area contributed by atoms with Crippen LogP contribution in [0.4, 0.5) is 5.69 Å². The SMILES string of the molecule is COc1ccc(N2C(=O)c3oc4ccc(C)cc4c(=O)c3C2c2ccc(Cl)c(Cl)c2)cc1Cl. The minimum atomic E-state index is -0.784. The van der Waals surface area contributed by atoms with Gasteiger partial charge in [0.25, 0.3) is 5.91 Å². The first-order valence-corrected chi connectivity index (χ1v) is 11.1. The zero-order valence-corrected chi connectivity index (χ0v) is 19.8. The number of rotatable bonds is 3. The maximum atomic E-state index is 13.7. The lowest BCUT2D eigenvalue weighted by Crippen LogP contribution is -2.29. The van der Waals surface area contributed by atoms with Gasteiger partial charge in [-0.3, -0.25) is 14.5 Å². The predicted octanol–water partition coefficient (Wildman–Crippen LogP) is 6.82. The van der Waals surface area contributed by atoms with Crippen LogP contribution in [0.15, 0.2) is 63.8 Å². The molecule has 33 heavy (non-hydrogen) atoms. The lowest BCUT2D eigenvalue weighted by Gasteiger charge is -2.26. The third-order valence-electron chi connectivity index (χ3n) is 5.70. The van der Waals surface area contributed by atoms with E-state index in [-0.39, 0.29) is 16.8 Å². The monoisotopic (exact) mass is 499 g/mol. The van der Waals surface area contributed by atoms with Crippen molar-refractivity contribution in [3.05, 3.63) is 102 Å². The number of nitrogens with zero attached hydrogens (tertiary/aromatic N) is 1.